The molecule has 2 atom stereocenters. The third-order valence-corrected chi connectivity index (χ3v) is 21.4. The van der Waals surface area contributed by atoms with Gasteiger partial charge >= 0.3 is 6.09 Å². The molecule has 2 bridgehead atoms. The molecule has 22 nitrogen and oxygen atoms in total. The van der Waals surface area contributed by atoms with E-state index in [4.69, 9.17) is 41.5 Å². The summed E-state index contributed by atoms with van der Waals surface area (Å²) in [7, 11) is 0. The number of primary amides is 1. The summed E-state index contributed by atoms with van der Waals surface area (Å²) >= 11 is 6.08. The first-order valence-electron chi connectivity index (χ1n) is 38.5. The van der Waals surface area contributed by atoms with Crippen molar-refractivity contribution in [3.8, 4) is 22.3 Å². The van der Waals surface area contributed by atoms with E-state index in [0.717, 1.165) is 122 Å². The Labute approximate surface area is 650 Å². The van der Waals surface area contributed by atoms with Gasteiger partial charge in [0.1, 0.15) is 17.2 Å². The average molecular weight is 1530 g/mol. The molecule has 0 saturated carbocycles. The van der Waals surface area contributed by atoms with Crippen LogP contribution < -0.4 is 27.0 Å². The molecule has 4 fully saturated rings. The zero-order valence-corrected chi connectivity index (χ0v) is 64.8. The van der Waals surface area contributed by atoms with Gasteiger partial charge in [0.05, 0.1) is 41.1 Å². The minimum Gasteiger partial charge on any atom is -0.444 e. The van der Waals surface area contributed by atoms with Crippen LogP contribution >= 0.6 is 11.6 Å². The van der Waals surface area contributed by atoms with Crippen LogP contribution in [0.1, 0.15) is 167 Å². The van der Waals surface area contributed by atoms with Gasteiger partial charge < -0.3 is 51.0 Å². The second kappa shape index (κ2) is 35.1. The lowest BCUT2D eigenvalue weighted by Crippen LogP contribution is -2.49. The zero-order chi connectivity index (χ0) is 78.0. The maximum Gasteiger partial charge on any atom is 0.410 e. The van der Waals surface area contributed by atoms with Crippen LogP contribution in [-0.4, -0.2) is 143 Å². The standard InChI is InChI=1S/C48H57FN8O5.C38H40ClFN6O3/c1-6-42-39(43(53-35-16-18-61-19-17-35)40-26-52-57(7-2)44(40)54-42)25-51-46(59)34-13-9-12-33(22-34)45(58)50-24-30-14-15-41(49)38(21-30)32-11-8-10-31(20-32)27-55-28-37-23-36(55)29-56(37)47(60)62-48(3,4)5;1-3-34-32(35(43-29-13-15-49-16-14-29)31-21-42-46(4-2)37(31)44-34)23-45(38(48)28-10-6-9-27(19-28)36(41)47)22-25-11-12-33(40)30(18-25)26-8-5-7-24(17-26)20-39/h8-15,20-22,26,35-37H,6-7,16-19,23-25,27-29H2,1-5H3,(H,50,58)(H,51,59)(H,53,54);5-12,17-19,21,29H,3-4,13-16,20,22-23H2,1-2H3,(H2,41,47)(H,43,44)/t36-,37-;/m0./s1. The SMILES string of the molecule is CCc1nc2c(cnn2CC)c(NC2CCOCC2)c1CN(Cc1ccc(F)c(-c2cccc(CCl)c2)c1)C(=O)c1cccc(C(N)=O)c1.CCc1nc2c(cnn2CC)c(NC2CCOCC2)c1CNC(=O)c1cccc(C(=O)NCc2ccc(F)c(-c3cccc(CN4C[C@@H]5C[C@H]4CN5C(=O)OC(C)(C)C)c3)c2)c1. The van der Waals surface area contributed by atoms with Crippen molar-refractivity contribution in [3.63, 3.8) is 0 Å². The van der Waals surface area contributed by atoms with Crippen LogP contribution in [0.15, 0.2) is 146 Å². The highest BCUT2D eigenvalue weighted by molar-refractivity contribution is 6.17. The van der Waals surface area contributed by atoms with E-state index in [1.54, 1.807) is 71.6 Å². The molecule has 0 radical (unpaired) electrons. The fourth-order valence-electron chi connectivity index (χ4n) is 15.3. The quantitative estimate of drug-likeness (QED) is 0.0333. The Kier molecular flexibility index (Phi) is 24.8. The van der Waals surface area contributed by atoms with Crippen molar-refractivity contribution in [2.75, 3.05) is 50.2 Å². The number of nitrogens with one attached hydrogen (secondary N) is 4. The number of amides is 5. The molecular formula is C86H97ClF2N14O8. The Hall–Kier alpha value is -10.7. The summed E-state index contributed by atoms with van der Waals surface area (Å²) in [6.07, 6.45) is 9.08. The van der Waals surface area contributed by atoms with Gasteiger partial charge in [-0.1, -0.05) is 74.5 Å². The van der Waals surface area contributed by atoms with Crippen LogP contribution in [-0.2, 0) is 78.7 Å². The Bertz CT molecular complexity index is 5070. The molecule has 0 aliphatic carbocycles. The lowest BCUT2D eigenvalue weighted by atomic mass is 9.99. The van der Waals surface area contributed by atoms with Crippen molar-refractivity contribution in [2.24, 2.45) is 5.73 Å². The normalized spacial score (nSPS) is 16.0. The van der Waals surface area contributed by atoms with E-state index in [1.165, 1.54) is 18.2 Å². The molecule has 8 heterocycles. The highest BCUT2D eigenvalue weighted by Crippen LogP contribution is 2.38. The number of rotatable bonds is 25. The number of nitrogens with zero attached hydrogens (tertiary/aromatic N) is 9. The van der Waals surface area contributed by atoms with E-state index in [1.807, 2.05) is 117 Å². The number of benzene rings is 6. The van der Waals surface area contributed by atoms with Crippen molar-refractivity contribution in [1.82, 2.24) is 54.9 Å². The van der Waals surface area contributed by atoms with Crippen molar-refractivity contribution < 1.29 is 47.0 Å². The molecule has 6 aromatic carbocycles. The minimum absolute atomic E-state index is 0.122. The van der Waals surface area contributed by atoms with Crippen LogP contribution in [0.2, 0.25) is 0 Å². The smallest absolute Gasteiger partial charge is 0.410 e. The molecular weight excluding hydrogens is 1430 g/mol. The molecule has 111 heavy (non-hydrogen) atoms. The van der Waals surface area contributed by atoms with E-state index < -0.39 is 11.5 Å². The van der Waals surface area contributed by atoms with Gasteiger partial charge in [0.25, 0.3) is 17.7 Å². The first kappa shape index (κ1) is 78.5. The van der Waals surface area contributed by atoms with Crippen LogP contribution in [0.25, 0.3) is 44.3 Å². The van der Waals surface area contributed by atoms with Gasteiger partial charge in [-0.3, -0.25) is 24.1 Å². The van der Waals surface area contributed by atoms with Gasteiger partial charge in [0, 0.05) is 165 Å². The van der Waals surface area contributed by atoms with Gasteiger partial charge in [-0.2, -0.15) is 10.2 Å². The molecule has 4 aliphatic heterocycles. The van der Waals surface area contributed by atoms with Crippen molar-refractivity contribution in [1.29, 1.82) is 0 Å². The minimum atomic E-state index is -0.623. The van der Waals surface area contributed by atoms with Crippen LogP contribution in [0.5, 0.6) is 0 Å². The van der Waals surface area contributed by atoms with E-state index >= 15 is 8.78 Å². The van der Waals surface area contributed by atoms with E-state index in [-0.39, 0.29) is 91.4 Å². The van der Waals surface area contributed by atoms with Crippen LogP contribution in [0, 0.1) is 11.6 Å². The Morgan fingerprint density at radius 2 is 1.10 bits per heavy atom. The molecule has 4 saturated heterocycles. The number of ether oxygens (including phenoxy) is 3. The van der Waals surface area contributed by atoms with Crippen molar-refractivity contribution in [3.05, 3.63) is 225 Å². The molecule has 25 heteroatoms. The van der Waals surface area contributed by atoms with E-state index in [0.29, 0.717) is 105 Å². The average Bonchev–Trinajstić information content (AvgIpc) is 1.69. The Balaban J connectivity index is 0.000000200. The molecule has 4 aromatic heterocycles. The van der Waals surface area contributed by atoms with Crippen molar-refractivity contribution >= 4 is 74.8 Å². The highest BCUT2D eigenvalue weighted by atomic mass is 35.5. The number of fused-ring (bicyclic) bond motifs is 4. The Morgan fingerprint density at radius 1 is 0.586 bits per heavy atom. The molecule has 4 aliphatic rings. The lowest BCUT2D eigenvalue weighted by molar-refractivity contribution is 0.0123. The lowest BCUT2D eigenvalue weighted by Gasteiger charge is -2.35. The van der Waals surface area contributed by atoms with Crippen molar-refractivity contribution in [2.45, 2.75) is 175 Å². The predicted molar refractivity (Wildman–Crippen MR) is 426 cm³/mol. The molecule has 0 unspecified atom stereocenters. The second-order valence-electron chi connectivity index (χ2n) is 29.8. The summed E-state index contributed by atoms with van der Waals surface area (Å²) in [5.41, 5.74) is 19.0. The summed E-state index contributed by atoms with van der Waals surface area (Å²) in [5.74, 6) is -2.01. The first-order chi connectivity index (χ1) is 53.7. The summed E-state index contributed by atoms with van der Waals surface area (Å²) in [6.45, 7) is 20.7. The maximum absolute atomic E-state index is 15.4. The number of hydrogen-bond acceptors (Lipinski definition) is 15. The summed E-state index contributed by atoms with van der Waals surface area (Å²) in [5, 5.41) is 24.6. The topological polar surface area (TPSA) is 258 Å². The number of likely N-dealkylation sites (tertiary alicyclic amines) is 2. The summed E-state index contributed by atoms with van der Waals surface area (Å²) < 4.78 is 51.3. The van der Waals surface area contributed by atoms with Gasteiger partial charge in [0.15, 0.2) is 11.3 Å². The second-order valence-corrected chi connectivity index (χ2v) is 30.1. The number of alkyl halides is 1. The van der Waals surface area contributed by atoms with Gasteiger partial charge in [-0.15, -0.1) is 11.6 Å². The number of hydrogen-bond donors (Lipinski definition) is 5. The molecule has 14 rings (SSSR count). The molecule has 5 amide bonds. The third kappa shape index (κ3) is 18.4. The monoisotopic (exact) mass is 1530 g/mol. The van der Waals surface area contributed by atoms with Crippen LogP contribution in [0.4, 0.5) is 25.0 Å². The Morgan fingerprint density at radius 3 is 1.65 bits per heavy atom. The first-order valence-corrected chi connectivity index (χ1v) is 39.0. The fourth-order valence-corrected chi connectivity index (χ4v) is 15.5. The number of aromatic nitrogens is 6. The van der Waals surface area contributed by atoms with Gasteiger partial charge in [0.2, 0.25) is 5.91 Å². The zero-order valence-electron chi connectivity index (χ0n) is 64.0. The van der Waals surface area contributed by atoms with Gasteiger partial charge in [-0.05, 0) is 186 Å². The highest BCUT2D eigenvalue weighted by Gasteiger charge is 2.46. The summed E-state index contributed by atoms with van der Waals surface area (Å²) in [6, 6.07) is 38.9. The largest absolute Gasteiger partial charge is 0.444 e. The third-order valence-electron chi connectivity index (χ3n) is 21.1. The number of anilines is 2. The number of halogens is 3. The number of aryl methyl sites for hydroxylation is 4. The molecule has 0 spiro atoms. The number of carbonyl (C=O) groups is 5. The number of pyridine rings is 2. The molecule has 10 aromatic rings. The number of carbonyl (C=O) groups excluding carboxylic acids is 5. The predicted octanol–water partition coefficient (Wildman–Crippen LogP) is 14.6. The fraction of sp³-hybridized carbons (Fsp3) is 0.384. The number of nitrogens with two attached hydrogens (primary N) is 1. The van der Waals surface area contributed by atoms with Crippen LogP contribution in [0.3, 0.4) is 0 Å². The summed E-state index contributed by atoms with van der Waals surface area (Å²) in [4.78, 5) is 82.4. The van der Waals surface area contributed by atoms with E-state index in [9.17, 15) is 24.0 Å². The molecule has 580 valence electrons. The molecule has 6 N–H and O–H groups in total. The van der Waals surface area contributed by atoms with E-state index in [2.05, 4.69) is 43.3 Å². The number of piperazine rings is 1. The maximum atomic E-state index is 15.4. The van der Waals surface area contributed by atoms with Gasteiger partial charge in [-0.25, -0.2) is 32.9 Å².